The smallest absolute Gasteiger partial charge is 0.0506 e. The number of ether oxygens (including phenoxy) is 1. The molecule has 4 heteroatoms. The van der Waals surface area contributed by atoms with E-state index in [2.05, 4.69) is 5.32 Å². The van der Waals surface area contributed by atoms with Gasteiger partial charge in [-0.15, -0.1) is 0 Å². The van der Waals surface area contributed by atoms with Gasteiger partial charge in [0.1, 0.15) is 0 Å². The molecule has 0 aromatic carbocycles. The molecule has 1 aliphatic rings. The van der Waals surface area contributed by atoms with Crippen molar-refractivity contribution in [3.8, 4) is 0 Å². The van der Waals surface area contributed by atoms with Crippen LogP contribution in [0.15, 0.2) is 0 Å². The molecule has 0 aromatic heterocycles. The van der Waals surface area contributed by atoms with Crippen molar-refractivity contribution in [3.05, 3.63) is 0 Å². The first-order valence-electron chi connectivity index (χ1n) is 5.81. The van der Waals surface area contributed by atoms with Crippen LogP contribution in [0.4, 0.5) is 0 Å². The van der Waals surface area contributed by atoms with Crippen molar-refractivity contribution in [1.29, 1.82) is 0 Å². The van der Waals surface area contributed by atoms with Gasteiger partial charge in [0.05, 0.1) is 6.61 Å². The lowest BCUT2D eigenvalue weighted by atomic mass is 10.0. The van der Waals surface area contributed by atoms with E-state index >= 15 is 0 Å². The van der Waals surface area contributed by atoms with Crippen LogP contribution in [0.5, 0.6) is 0 Å². The van der Waals surface area contributed by atoms with Crippen LogP contribution in [0, 0.1) is 5.92 Å². The van der Waals surface area contributed by atoms with Crippen LogP contribution in [-0.4, -0.2) is 42.0 Å². The van der Waals surface area contributed by atoms with Crippen molar-refractivity contribution in [1.82, 2.24) is 5.32 Å². The molecule has 3 nitrogen and oxygen atoms in total. The fraction of sp³-hybridized carbons (Fsp3) is 1.00. The molecule has 3 atom stereocenters. The zero-order valence-electron chi connectivity index (χ0n) is 9.83. The predicted molar refractivity (Wildman–Crippen MR) is 64.6 cm³/mol. The van der Waals surface area contributed by atoms with Crippen LogP contribution >= 0.6 is 0 Å². The lowest BCUT2D eigenvalue weighted by Gasteiger charge is -2.22. The van der Waals surface area contributed by atoms with Gasteiger partial charge < -0.3 is 10.1 Å². The van der Waals surface area contributed by atoms with Crippen LogP contribution in [0.3, 0.4) is 0 Å². The maximum absolute atomic E-state index is 11.1. The Balaban J connectivity index is 1.98. The van der Waals surface area contributed by atoms with Crippen molar-refractivity contribution >= 4 is 10.8 Å². The maximum Gasteiger partial charge on any atom is 0.0506 e. The van der Waals surface area contributed by atoms with E-state index in [-0.39, 0.29) is 0 Å². The Bertz CT molecular complexity index is 193. The van der Waals surface area contributed by atoms with Crippen LogP contribution < -0.4 is 5.32 Å². The van der Waals surface area contributed by atoms with E-state index in [0.717, 1.165) is 32.7 Å². The molecular formula is C11H23NO2S. The molecule has 0 saturated carbocycles. The Morgan fingerprint density at radius 2 is 2.40 bits per heavy atom. The quantitative estimate of drug-likeness (QED) is 0.700. The summed E-state index contributed by atoms with van der Waals surface area (Å²) in [5.74, 6) is 0.682. The van der Waals surface area contributed by atoms with Gasteiger partial charge in [-0.2, -0.15) is 0 Å². The Morgan fingerprint density at radius 3 is 3.00 bits per heavy atom. The fourth-order valence-electron chi connectivity index (χ4n) is 1.75. The summed E-state index contributed by atoms with van der Waals surface area (Å²) >= 11 is 0. The Hall–Kier alpha value is 0.0700. The second kappa shape index (κ2) is 7.36. The highest BCUT2D eigenvalue weighted by atomic mass is 32.2. The molecule has 1 N–H and O–H groups in total. The van der Waals surface area contributed by atoms with Crippen LogP contribution in [-0.2, 0) is 15.5 Å². The number of hydrogen-bond acceptors (Lipinski definition) is 3. The van der Waals surface area contributed by atoms with Crippen LogP contribution in [0.25, 0.3) is 0 Å². The molecule has 0 aliphatic carbocycles. The van der Waals surface area contributed by atoms with Crippen molar-refractivity contribution in [2.24, 2.45) is 5.92 Å². The summed E-state index contributed by atoms with van der Waals surface area (Å²) < 4.78 is 16.5. The molecule has 1 heterocycles. The van der Waals surface area contributed by atoms with E-state index in [1.165, 1.54) is 12.8 Å². The molecule has 90 valence electrons. The minimum atomic E-state index is -0.683. The third-order valence-corrected chi connectivity index (χ3v) is 4.35. The fourth-order valence-corrected chi connectivity index (χ4v) is 2.20. The SMILES string of the molecule is CC(CCNCC1CCCOC1)S(C)=O. The summed E-state index contributed by atoms with van der Waals surface area (Å²) in [6.07, 6.45) is 5.25. The largest absolute Gasteiger partial charge is 0.381 e. The minimum Gasteiger partial charge on any atom is -0.381 e. The van der Waals surface area contributed by atoms with Crippen molar-refractivity contribution in [3.63, 3.8) is 0 Å². The molecule has 0 aromatic rings. The summed E-state index contributed by atoms with van der Waals surface area (Å²) in [5, 5.41) is 3.73. The monoisotopic (exact) mass is 233 g/mol. The van der Waals surface area contributed by atoms with Crippen LogP contribution in [0.1, 0.15) is 26.2 Å². The standard InChI is InChI=1S/C11H23NO2S/c1-10(15(2)13)5-6-12-8-11-4-3-7-14-9-11/h10-12H,3-9H2,1-2H3. The van der Waals surface area contributed by atoms with E-state index < -0.39 is 10.8 Å². The second-order valence-electron chi connectivity index (χ2n) is 4.39. The van der Waals surface area contributed by atoms with Gasteiger partial charge in [-0.25, -0.2) is 0 Å². The number of nitrogens with one attached hydrogen (secondary N) is 1. The summed E-state index contributed by atoms with van der Waals surface area (Å²) in [6.45, 7) is 5.90. The first-order valence-corrected chi connectivity index (χ1v) is 7.43. The lowest BCUT2D eigenvalue weighted by molar-refractivity contribution is 0.0549. The number of hydrogen-bond donors (Lipinski definition) is 1. The molecule has 0 bridgehead atoms. The Kier molecular flexibility index (Phi) is 6.45. The molecule has 1 fully saturated rings. The van der Waals surface area contributed by atoms with E-state index in [1.54, 1.807) is 6.26 Å². The van der Waals surface area contributed by atoms with Gasteiger partial charge >= 0.3 is 0 Å². The van der Waals surface area contributed by atoms with E-state index in [9.17, 15) is 4.21 Å². The molecular weight excluding hydrogens is 210 g/mol. The van der Waals surface area contributed by atoms with Crippen molar-refractivity contribution in [2.75, 3.05) is 32.6 Å². The zero-order chi connectivity index (χ0) is 11.1. The van der Waals surface area contributed by atoms with Crippen LogP contribution in [0.2, 0.25) is 0 Å². The van der Waals surface area contributed by atoms with Gasteiger partial charge in [0.2, 0.25) is 0 Å². The third kappa shape index (κ3) is 5.64. The normalized spacial score (nSPS) is 26.1. The molecule has 15 heavy (non-hydrogen) atoms. The molecule has 0 amide bonds. The minimum absolute atomic E-state index is 0.306. The van der Waals surface area contributed by atoms with Gasteiger partial charge in [0.15, 0.2) is 0 Å². The molecule has 1 aliphatic heterocycles. The summed E-state index contributed by atoms with van der Waals surface area (Å²) in [5.41, 5.74) is 0. The first-order chi connectivity index (χ1) is 7.20. The Morgan fingerprint density at radius 1 is 1.60 bits per heavy atom. The third-order valence-electron chi connectivity index (χ3n) is 2.98. The lowest BCUT2D eigenvalue weighted by Crippen LogP contribution is -2.31. The Labute approximate surface area is 95.4 Å². The highest BCUT2D eigenvalue weighted by Gasteiger charge is 2.13. The average Bonchev–Trinajstić information content (AvgIpc) is 2.25. The highest BCUT2D eigenvalue weighted by molar-refractivity contribution is 7.84. The average molecular weight is 233 g/mol. The van der Waals surface area contributed by atoms with Crippen molar-refractivity contribution < 1.29 is 8.95 Å². The van der Waals surface area contributed by atoms with E-state index in [4.69, 9.17) is 4.74 Å². The molecule has 3 unspecified atom stereocenters. The molecule has 0 radical (unpaired) electrons. The topological polar surface area (TPSA) is 38.3 Å². The summed E-state index contributed by atoms with van der Waals surface area (Å²) in [4.78, 5) is 0. The maximum atomic E-state index is 11.1. The van der Waals surface area contributed by atoms with Crippen molar-refractivity contribution in [2.45, 2.75) is 31.4 Å². The second-order valence-corrected chi connectivity index (χ2v) is 6.19. The van der Waals surface area contributed by atoms with Gasteiger partial charge in [0, 0.05) is 35.5 Å². The highest BCUT2D eigenvalue weighted by Crippen LogP contribution is 2.12. The number of rotatable bonds is 6. The molecule has 0 spiro atoms. The van der Waals surface area contributed by atoms with Gasteiger partial charge in [0.25, 0.3) is 0 Å². The van der Waals surface area contributed by atoms with E-state index in [1.807, 2.05) is 6.92 Å². The zero-order valence-corrected chi connectivity index (χ0v) is 10.6. The first kappa shape index (κ1) is 13.1. The van der Waals surface area contributed by atoms with Gasteiger partial charge in [-0.3, -0.25) is 4.21 Å². The van der Waals surface area contributed by atoms with E-state index in [0.29, 0.717) is 11.2 Å². The van der Waals surface area contributed by atoms with Gasteiger partial charge in [-0.1, -0.05) is 6.92 Å². The molecule has 1 saturated heterocycles. The molecule has 1 rings (SSSR count). The summed E-state index contributed by atoms with van der Waals surface area (Å²) in [7, 11) is -0.683. The predicted octanol–water partition coefficient (Wildman–Crippen LogP) is 1.16. The summed E-state index contributed by atoms with van der Waals surface area (Å²) in [6, 6.07) is 0. The van der Waals surface area contributed by atoms with Gasteiger partial charge in [-0.05, 0) is 31.7 Å².